The number of aliphatic hydroxyl groups is 1. The van der Waals surface area contributed by atoms with Gasteiger partial charge in [-0.15, -0.1) is 18.3 Å². The van der Waals surface area contributed by atoms with Gasteiger partial charge in [0.2, 0.25) is 0 Å². The summed E-state index contributed by atoms with van der Waals surface area (Å²) >= 11 is 1.73. The Bertz CT molecular complexity index is 295. The van der Waals surface area contributed by atoms with Gasteiger partial charge in [-0.3, -0.25) is 0 Å². The van der Waals surface area contributed by atoms with E-state index in [1.165, 1.54) is 0 Å². The van der Waals surface area contributed by atoms with Crippen LogP contribution in [-0.4, -0.2) is 15.6 Å². The fraction of sp³-hybridized carbons (Fsp3) is 0.385. The molecule has 0 heterocycles. The van der Waals surface area contributed by atoms with Crippen molar-refractivity contribution in [2.24, 2.45) is 0 Å². The van der Waals surface area contributed by atoms with Crippen LogP contribution in [0.15, 0.2) is 43.0 Å². The van der Waals surface area contributed by atoms with E-state index in [0.717, 1.165) is 5.56 Å². The summed E-state index contributed by atoms with van der Waals surface area (Å²) < 4.78 is 0. The van der Waals surface area contributed by atoms with Crippen LogP contribution in [0, 0.1) is 0 Å². The zero-order chi connectivity index (χ0) is 11.3. The second-order valence-electron chi connectivity index (χ2n) is 3.74. The monoisotopic (exact) mass is 222 g/mol. The van der Waals surface area contributed by atoms with Crippen LogP contribution in [0.25, 0.3) is 0 Å². The van der Waals surface area contributed by atoms with Crippen LogP contribution in [0.1, 0.15) is 25.5 Å². The van der Waals surface area contributed by atoms with E-state index in [4.69, 9.17) is 0 Å². The van der Waals surface area contributed by atoms with Gasteiger partial charge < -0.3 is 5.11 Å². The van der Waals surface area contributed by atoms with Crippen molar-refractivity contribution < 1.29 is 5.11 Å². The third-order valence-corrected chi connectivity index (χ3v) is 3.42. The van der Waals surface area contributed by atoms with E-state index in [1.54, 1.807) is 11.8 Å². The molecule has 0 bridgehead atoms. The van der Waals surface area contributed by atoms with E-state index in [-0.39, 0.29) is 5.25 Å². The summed E-state index contributed by atoms with van der Waals surface area (Å²) in [6.07, 6.45) is 1.36. The van der Waals surface area contributed by atoms with Crippen molar-refractivity contribution in [3.63, 3.8) is 0 Å². The fourth-order valence-electron chi connectivity index (χ4n) is 1.41. The summed E-state index contributed by atoms with van der Waals surface area (Å²) in [7, 11) is 0. The Morgan fingerprint density at radius 2 is 1.87 bits per heavy atom. The van der Waals surface area contributed by atoms with Gasteiger partial charge in [-0.1, -0.05) is 50.3 Å². The summed E-state index contributed by atoms with van der Waals surface area (Å²) in [5, 5.41) is 10.7. The van der Waals surface area contributed by atoms with Crippen molar-refractivity contribution in [2.45, 2.75) is 30.5 Å². The van der Waals surface area contributed by atoms with Gasteiger partial charge in [-0.2, -0.15) is 0 Å². The first-order chi connectivity index (χ1) is 7.15. The first-order valence-electron chi connectivity index (χ1n) is 5.16. The summed E-state index contributed by atoms with van der Waals surface area (Å²) in [4.78, 5) is 0. The van der Waals surface area contributed by atoms with Crippen molar-refractivity contribution in [3.8, 4) is 0 Å². The molecule has 0 radical (unpaired) electrons. The number of hydrogen-bond acceptors (Lipinski definition) is 2. The molecule has 1 N–H and O–H groups in total. The third kappa shape index (κ3) is 3.73. The molecule has 0 amide bonds. The molecule has 2 unspecified atom stereocenters. The number of hydrogen-bond donors (Lipinski definition) is 1. The maximum absolute atomic E-state index is 10.1. The van der Waals surface area contributed by atoms with Gasteiger partial charge in [0, 0.05) is 0 Å². The Morgan fingerprint density at radius 1 is 1.27 bits per heavy atom. The number of rotatable bonds is 5. The predicted molar refractivity (Wildman–Crippen MR) is 68.1 cm³/mol. The van der Waals surface area contributed by atoms with Gasteiger partial charge in [0.05, 0.1) is 11.4 Å². The van der Waals surface area contributed by atoms with Crippen LogP contribution in [0.4, 0.5) is 0 Å². The van der Waals surface area contributed by atoms with Gasteiger partial charge >= 0.3 is 0 Å². The molecule has 0 aliphatic heterocycles. The molecular weight excluding hydrogens is 204 g/mol. The molecule has 0 aromatic heterocycles. The van der Waals surface area contributed by atoms with Crippen molar-refractivity contribution in [3.05, 3.63) is 48.6 Å². The van der Waals surface area contributed by atoms with Gasteiger partial charge in [-0.05, 0) is 10.8 Å². The summed E-state index contributed by atoms with van der Waals surface area (Å²) in [6.45, 7) is 8.03. The van der Waals surface area contributed by atoms with Crippen LogP contribution in [-0.2, 0) is 0 Å². The fourth-order valence-corrected chi connectivity index (χ4v) is 2.46. The Kier molecular flexibility index (Phi) is 4.92. The van der Waals surface area contributed by atoms with Crippen LogP contribution >= 0.6 is 11.8 Å². The molecule has 82 valence electrons. The first kappa shape index (κ1) is 12.3. The third-order valence-electron chi connectivity index (χ3n) is 2.11. The van der Waals surface area contributed by atoms with Gasteiger partial charge in [0.15, 0.2) is 0 Å². The van der Waals surface area contributed by atoms with Crippen molar-refractivity contribution >= 4 is 11.8 Å². The highest BCUT2D eigenvalue weighted by Crippen LogP contribution is 2.29. The molecular formula is C13H18OS. The summed E-state index contributed by atoms with van der Waals surface area (Å²) in [5.74, 6) is 0. The molecule has 0 saturated heterocycles. The summed E-state index contributed by atoms with van der Waals surface area (Å²) in [6, 6.07) is 9.73. The van der Waals surface area contributed by atoms with Crippen LogP contribution in [0.5, 0.6) is 0 Å². The highest BCUT2D eigenvalue weighted by Gasteiger charge is 2.19. The maximum atomic E-state index is 10.1. The highest BCUT2D eigenvalue weighted by atomic mass is 32.2. The van der Waals surface area contributed by atoms with E-state index in [1.807, 2.05) is 36.4 Å². The van der Waals surface area contributed by atoms with Crippen molar-refractivity contribution in [1.82, 2.24) is 0 Å². The lowest BCUT2D eigenvalue weighted by Gasteiger charge is -2.21. The minimum atomic E-state index is -0.462. The van der Waals surface area contributed by atoms with Crippen LogP contribution in [0.2, 0.25) is 0 Å². The van der Waals surface area contributed by atoms with Gasteiger partial charge in [0.25, 0.3) is 0 Å². The molecule has 0 fully saturated rings. The molecule has 2 atom stereocenters. The van der Waals surface area contributed by atoms with E-state index < -0.39 is 6.10 Å². The molecule has 1 nitrogen and oxygen atoms in total. The number of thioether (sulfide) groups is 1. The largest absolute Gasteiger partial charge is 0.387 e. The molecule has 1 aromatic rings. The van der Waals surface area contributed by atoms with E-state index in [2.05, 4.69) is 20.4 Å². The van der Waals surface area contributed by atoms with Crippen LogP contribution in [0.3, 0.4) is 0 Å². The molecule has 1 aromatic carbocycles. The van der Waals surface area contributed by atoms with Crippen LogP contribution < -0.4 is 0 Å². The number of aliphatic hydroxyl groups excluding tert-OH is 1. The molecule has 0 aliphatic carbocycles. The average molecular weight is 222 g/mol. The highest BCUT2D eigenvalue weighted by molar-refractivity contribution is 8.00. The standard InChI is InChI=1S/C13H18OS/c1-4-12(15-10(2)3)13(14)11-8-6-5-7-9-11/h4-10,12-14H,1H2,2-3H3. The SMILES string of the molecule is C=CC(SC(C)C)C(O)c1ccccc1. The minimum Gasteiger partial charge on any atom is -0.387 e. The lowest BCUT2D eigenvalue weighted by molar-refractivity contribution is 0.186. The van der Waals surface area contributed by atoms with E-state index in [9.17, 15) is 5.11 Å². The van der Waals surface area contributed by atoms with E-state index in [0.29, 0.717) is 5.25 Å². The Labute approximate surface area is 96.2 Å². The molecule has 2 heteroatoms. The molecule has 15 heavy (non-hydrogen) atoms. The van der Waals surface area contributed by atoms with Gasteiger partial charge in [0.1, 0.15) is 0 Å². The minimum absolute atomic E-state index is 0.0624. The Hall–Kier alpha value is -0.730. The zero-order valence-corrected chi connectivity index (χ0v) is 10.1. The molecule has 0 spiro atoms. The quantitative estimate of drug-likeness (QED) is 0.770. The maximum Gasteiger partial charge on any atom is 0.0943 e. The molecule has 1 rings (SSSR count). The predicted octanol–water partition coefficient (Wildman–Crippen LogP) is 3.42. The lowest BCUT2D eigenvalue weighted by atomic mass is 10.1. The normalized spacial score (nSPS) is 14.9. The Morgan fingerprint density at radius 3 is 2.33 bits per heavy atom. The zero-order valence-electron chi connectivity index (χ0n) is 9.26. The first-order valence-corrected chi connectivity index (χ1v) is 6.10. The number of benzene rings is 1. The molecule has 0 saturated carbocycles. The second-order valence-corrected chi connectivity index (χ2v) is 5.50. The van der Waals surface area contributed by atoms with Gasteiger partial charge in [-0.25, -0.2) is 0 Å². The van der Waals surface area contributed by atoms with Crippen molar-refractivity contribution in [1.29, 1.82) is 0 Å². The summed E-state index contributed by atoms with van der Waals surface area (Å²) in [5.41, 5.74) is 0.954. The van der Waals surface area contributed by atoms with E-state index >= 15 is 0 Å². The average Bonchev–Trinajstić information content (AvgIpc) is 2.26. The topological polar surface area (TPSA) is 20.2 Å². The Balaban J connectivity index is 2.73. The lowest BCUT2D eigenvalue weighted by Crippen LogP contribution is -2.14. The molecule has 0 aliphatic rings. The second kappa shape index (κ2) is 5.99. The smallest absolute Gasteiger partial charge is 0.0943 e. The van der Waals surface area contributed by atoms with Crippen molar-refractivity contribution in [2.75, 3.05) is 0 Å².